The standard InChI is InChI=1S/C15H22N2O2S/c16-11-12-4-1-7-14(10-12)20(18,19)17-9-3-6-13-5-2-8-15(13)17/h1,4,7,10,13,15H,2-3,5-6,8-9,11,16H2. The summed E-state index contributed by atoms with van der Waals surface area (Å²) in [5.41, 5.74) is 6.48. The Morgan fingerprint density at radius 1 is 1.20 bits per heavy atom. The third kappa shape index (κ3) is 2.38. The molecule has 0 amide bonds. The number of hydrogen-bond acceptors (Lipinski definition) is 3. The number of hydrogen-bond donors (Lipinski definition) is 1. The molecule has 1 heterocycles. The Morgan fingerprint density at radius 2 is 2.00 bits per heavy atom. The van der Waals surface area contributed by atoms with Crippen LogP contribution < -0.4 is 5.73 Å². The molecule has 1 saturated heterocycles. The van der Waals surface area contributed by atoms with Crippen LogP contribution in [0.4, 0.5) is 0 Å². The summed E-state index contributed by atoms with van der Waals surface area (Å²) in [6.45, 7) is 1.03. The van der Waals surface area contributed by atoms with Crippen LogP contribution in [0.15, 0.2) is 29.2 Å². The van der Waals surface area contributed by atoms with Gasteiger partial charge in [-0.3, -0.25) is 0 Å². The van der Waals surface area contributed by atoms with Gasteiger partial charge in [-0.2, -0.15) is 4.31 Å². The Kier molecular flexibility index (Phi) is 3.84. The summed E-state index contributed by atoms with van der Waals surface area (Å²) in [4.78, 5) is 0.396. The van der Waals surface area contributed by atoms with E-state index in [1.165, 1.54) is 12.8 Å². The molecule has 0 spiro atoms. The maximum Gasteiger partial charge on any atom is 0.243 e. The highest BCUT2D eigenvalue weighted by atomic mass is 32.2. The van der Waals surface area contributed by atoms with Crippen LogP contribution in [-0.2, 0) is 16.6 Å². The van der Waals surface area contributed by atoms with Crippen molar-refractivity contribution >= 4 is 10.0 Å². The number of benzene rings is 1. The van der Waals surface area contributed by atoms with Gasteiger partial charge in [-0.15, -0.1) is 0 Å². The van der Waals surface area contributed by atoms with Crippen LogP contribution in [0.25, 0.3) is 0 Å². The maximum atomic E-state index is 12.9. The Morgan fingerprint density at radius 3 is 2.80 bits per heavy atom. The molecule has 0 radical (unpaired) electrons. The molecule has 2 aliphatic rings. The van der Waals surface area contributed by atoms with E-state index in [1.54, 1.807) is 22.5 Å². The summed E-state index contributed by atoms with van der Waals surface area (Å²) < 4.78 is 27.5. The molecule has 4 nitrogen and oxygen atoms in total. The summed E-state index contributed by atoms with van der Waals surface area (Å²) in [7, 11) is -3.37. The van der Waals surface area contributed by atoms with Crippen LogP contribution >= 0.6 is 0 Å². The van der Waals surface area contributed by atoms with Crippen molar-refractivity contribution in [3.05, 3.63) is 29.8 Å². The van der Waals surface area contributed by atoms with Gasteiger partial charge >= 0.3 is 0 Å². The van der Waals surface area contributed by atoms with Crippen molar-refractivity contribution in [3.8, 4) is 0 Å². The largest absolute Gasteiger partial charge is 0.326 e. The van der Waals surface area contributed by atoms with E-state index < -0.39 is 10.0 Å². The molecule has 1 aromatic carbocycles. The lowest BCUT2D eigenvalue weighted by Crippen LogP contribution is -2.46. The molecule has 2 unspecified atom stereocenters. The Bertz CT molecular complexity index is 585. The summed E-state index contributed by atoms with van der Waals surface area (Å²) in [5, 5.41) is 0. The average Bonchev–Trinajstić information content (AvgIpc) is 2.95. The minimum Gasteiger partial charge on any atom is -0.326 e. The van der Waals surface area contributed by atoms with Gasteiger partial charge in [0.2, 0.25) is 10.0 Å². The third-order valence-corrected chi connectivity index (χ3v) is 6.60. The van der Waals surface area contributed by atoms with E-state index in [4.69, 9.17) is 5.73 Å². The van der Waals surface area contributed by atoms with Crippen LogP contribution in [0, 0.1) is 5.92 Å². The third-order valence-electron chi connectivity index (χ3n) is 4.68. The number of rotatable bonds is 3. The molecular weight excluding hydrogens is 272 g/mol. The lowest BCUT2D eigenvalue weighted by Gasteiger charge is -2.36. The van der Waals surface area contributed by atoms with Gasteiger partial charge in [-0.05, 0) is 49.3 Å². The molecule has 1 saturated carbocycles. The molecule has 0 aromatic heterocycles. The molecule has 2 atom stereocenters. The second-order valence-electron chi connectivity index (χ2n) is 5.87. The highest BCUT2D eigenvalue weighted by Crippen LogP contribution is 2.39. The molecular formula is C15H22N2O2S. The fourth-order valence-electron chi connectivity index (χ4n) is 3.67. The van der Waals surface area contributed by atoms with Gasteiger partial charge in [0.1, 0.15) is 0 Å². The van der Waals surface area contributed by atoms with Crippen molar-refractivity contribution in [2.45, 2.75) is 49.6 Å². The maximum absolute atomic E-state index is 12.9. The first kappa shape index (κ1) is 14.0. The average molecular weight is 294 g/mol. The van der Waals surface area contributed by atoms with E-state index >= 15 is 0 Å². The minimum atomic E-state index is -3.37. The fourth-order valence-corrected chi connectivity index (χ4v) is 5.50. The SMILES string of the molecule is NCc1cccc(S(=O)(=O)N2CCCC3CCCC32)c1. The smallest absolute Gasteiger partial charge is 0.243 e. The first-order chi connectivity index (χ1) is 9.63. The predicted molar refractivity (Wildman–Crippen MR) is 78.6 cm³/mol. The number of nitrogens with zero attached hydrogens (tertiary/aromatic N) is 1. The lowest BCUT2D eigenvalue weighted by atomic mass is 9.94. The first-order valence-electron chi connectivity index (χ1n) is 7.44. The van der Waals surface area contributed by atoms with Crippen LogP contribution in [0.5, 0.6) is 0 Å². The number of fused-ring (bicyclic) bond motifs is 1. The van der Waals surface area contributed by atoms with Crippen LogP contribution in [0.3, 0.4) is 0 Å². The lowest BCUT2D eigenvalue weighted by molar-refractivity contribution is 0.202. The van der Waals surface area contributed by atoms with Crippen molar-refractivity contribution in [2.75, 3.05) is 6.54 Å². The number of nitrogens with two attached hydrogens (primary N) is 1. The zero-order valence-electron chi connectivity index (χ0n) is 11.7. The van der Waals surface area contributed by atoms with E-state index in [0.29, 0.717) is 23.9 Å². The summed E-state index contributed by atoms with van der Waals surface area (Å²) in [6.07, 6.45) is 5.51. The number of sulfonamides is 1. The zero-order chi connectivity index (χ0) is 14.2. The summed E-state index contributed by atoms with van der Waals surface area (Å²) in [6, 6.07) is 7.27. The molecule has 0 bridgehead atoms. The van der Waals surface area contributed by atoms with E-state index in [2.05, 4.69) is 0 Å². The van der Waals surface area contributed by atoms with Crippen molar-refractivity contribution in [1.29, 1.82) is 0 Å². The van der Waals surface area contributed by atoms with Gasteiger partial charge in [0.05, 0.1) is 4.90 Å². The molecule has 1 aromatic rings. The van der Waals surface area contributed by atoms with Crippen LogP contribution in [0.1, 0.15) is 37.7 Å². The summed E-state index contributed by atoms with van der Waals surface area (Å²) in [5.74, 6) is 0.566. The van der Waals surface area contributed by atoms with E-state index in [1.807, 2.05) is 6.07 Å². The van der Waals surface area contributed by atoms with E-state index in [9.17, 15) is 8.42 Å². The number of piperidine rings is 1. The van der Waals surface area contributed by atoms with E-state index in [0.717, 1.165) is 24.8 Å². The van der Waals surface area contributed by atoms with E-state index in [-0.39, 0.29) is 6.04 Å². The van der Waals surface area contributed by atoms with Crippen molar-refractivity contribution in [2.24, 2.45) is 11.7 Å². The quantitative estimate of drug-likeness (QED) is 0.928. The topological polar surface area (TPSA) is 63.4 Å². The first-order valence-corrected chi connectivity index (χ1v) is 8.88. The second-order valence-corrected chi connectivity index (χ2v) is 7.76. The molecule has 110 valence electrons. The normalized spacial score (nSPS) is 27.4. The molecule has 5 heteroatoms. The summed E-state index contributed by atoms with van der Waals surface area (Å²) >= 11 is 0. The zero-order valence-corrected chi connectivity index (χ0v) is 12.5. The van der Waals surface area contributed by atoms with Crippen molar-refractivity contribution in [3.63, 3.8) is 0 Å². The minimum absolute atomic E-state index is 0.218. The Labute approximate surface area is 121 Å². The molecule has 2 fully saturated rings. The molecule has 1 aliphatic carbocycles. The van der Waals surface area contributed by atoms with Gasteiger partial charge in [-0.25, -0.2) is 8.42 Å². The highest BCUT2D eigenvalue weighted by Gasteiger charge is 2.41. The molecule has 3 rings (SSSR count). The second kappa shape index (κ2) is 5.47. The van der Waals surface area contributed by atoms with Crippen LogP contribution in [0.2, 0.25) is 0 Å². The fraction of sp³-hybridized carbons (Fsp3) is 0.600. The molecule has 1 aliphatic heterocycles. The van der Waals surface area contributed by atoms with Crippen molar-refractivity contribution < 1.29 is 8.42 Å². The molecule has 2 N–H and O–H groups in total. The van der Waals surface area contributed by atoms with Gasteiger partial charge in [0.15, 0.2) is 0 Å². The molecule has 20 heavy (non-hydrogen) atoms. The van der Waals surface area contributed by atoms with Gasteiger partial charge in [-0.1, -0.05) is 18.6 Å². The predicted octanol–water partition coefficient (Wildman–Crippen LogP) is 2.10. The van der Waals surface area contributed by atoms with Gasteiger partial charge in [0.25, 0.3) is 0 Å². The Hall–Kier alpha value is -0.910. The van der Waals surface area contributed by atoms with Gasteiger partial charge in [0, 0.05) is 19.1 Å². The van der Waals surface area contributed by atoms with Crippen molar-refractivity contribution in [1.82, 2.24) is 4.31 Å². The van der Waals surface area contributed by atoms with Gasteiger partial charge < -0.3 is 5.73 Å². The monoisotopic (exact) mass is 294 g/mol. The van der Waals surface area contributed by atoms with Crippen LogP contribution in [-0.4, -0.2) is 25.3 Å². The Balaban J connectivity index is 1.94. The highest BCUT2D eigenvalue weighted by molar-refractivity contribution is 7.89.